The molecular formula is C20H26F2N2O4. The monoisotopic (exact) mass is 396 g/mol. The molecule has 0 aromatic heterocycles. The molecule has 0 saturated carbocycles. The topological polar surface area (TPSA) is 51.2 Å². The molecule has 0 aliphatic carbocycles. The number of likely N-dealkylation sites (tertiary alicyclic amines) is 1. The predicted octanol–water partition coefficient (Wildman–Crippen LogP) is 2.07. The van der Waals surface area contributed by atoms with Gasteiger partial charge in [0.2, 0.25) is 5.91 Å². The van der Waals surface area contributed by atoms with Gasteiger partial charge in [0.1, 0.15) is 19.3 Å². The summed E-state index contributed by atoms with van der Waals surface area (Å²) in [7, 11) is 0. The predicted molar refractivity (Wildman–Crippen MR) is 97.4 cm³/mol. The summed E-state index contributed by atoms with van der Waals surface area (Å²) in [6.07, 6.45) is 3.01. The van der Waals surface area contributed by atoms with Crippen molar-refractivity contribution in [1.82, 2.24) is 9.80 Å². The van der Waals surface area contributed by atoms with Crippen LogP contribution in [0.3, 0.4) is 0 Å². The van der Waals surface area contributed by atoms with Crippen LogP contribution >= 0.6 is 0 Å². The molecule has 1 atom stereocenters. The second-order valence-corrected chi connectivity index (χ2v) is 7.73. The average molecular weight is 396 g/mol. The van der Waals surface area contributed by atoms with Crippen LogP contribution in [-0.4, -0.2) is 74.4 Å². The highest BCUT2D eigenvalue weighted by Gasteiger charge is 2.28. The van der Waals surface area contributed by atoms with E-state index in [4.69, 9.17) is 14.2 Å². The molecule has 1 aromatic rings. The maximum Gasteiger partial charge on any atom is 0.248 e. The van der Waals surface area contributed by atoms with Crippen LogP contribution in [0.15, 0.2) is 12.1 Å². The van der Waals surface area contributed by atoms with Gasteiger partial charge in [-0.3, -0.25) is 9.69 Å². The minimum atomic E-state index is -0.929. The zero-order valence-corrected chi connectivity index (χ0v) is 15.9. The van der Waals surface area contributed by atoms with Gasteiger partial charge in [-0.15, -0.1) is 0 Å². The van der Waals surface area contributed by atoms with Gasteiger partial charge in [-0.05, 0) is 38.3 Å². The van der Waals surface area contributed by atoms with Crippen LogP contribution < -0.4 is 9.47 Å². The quantitative estimate of drug-likeness (QED) is 0.763. The third-order valence-electron chi connectivity index (χ3n) is 5.77. The lowest BCUT2D eigenvalue weighted by molar-refractivity contribution is -0.142. The highest BCUT2D eigenvalue weighted by atomic mass is 19.2. The van der Waals surface area contributed by atoms with Crippen molar-refractivity contribution in [3.8, 4) is 11.5 Å². The second-order valence-electron chi connectivity index (χ2n) is 7.73. The van der Waals surface area contributed by atoms with E-state index in [-0.39, 0.29) is 30.1 Å². The van der Waals surface area contributed by atoms with Gasteiger partial charge in [0.05, 0.1) is 6.61 Å². The Morgan fingerprint density at radius 3 is 2.57 bits per heavy atom. The minimum Gasteiger partial charge on any atom is -0.486 e. The van der Waals surface area contributed by atoms with Crippen LogP contribution in [0.25, 0.3) is 0 Å². The number of morpholine rings is 1. The number of halogens is 2. The molecule has 3 aliphatic rings. The standard InChI is InChI=1S/C20H26F2N2O4/c21-16-9-18-19(10-17(16)22)28-15(12-27-18)11-23-4-1-14(2-5-23)3-6-24-7-8-26-13-20(24)25/h9-10,14-15H,1-8,11-13H2/t15-/m0/s1. The van der Waals surface area contributed by atoms with E-state index in [1.807, 2.05) is 4.90 Å². The van der Waals surface area contributed by atoms with E-state index in [0.29, 0.717) is 32.2 Å². The first-order valence-electron chi connectivity index (χ1n) is 9.95. The van der Waals surface area contributed by atoms with E-state index in [0.717, 1.165) is 51.0 Å². The van der Waals surface area contributed by atoms with E-state index < -0.39 is 11.6 Å². The number of rotatable bonds is 5. The Hall–Kier alpha value is -1.93. The van der Waals surface area contributed by atoms with Crippen molar-refractivity contribution in [2.75, 3.05) is 52.5 Å². The summed E-state index contributed by atoms with van der Waals surface area (Å²) in [6.45, 7) is 5.31. The number of carbonyl (C=O) groups excluding carboxylic acids is 1. The van der Waals surface area contributed by atoms with Crippen molar-refractivity contribution in [1.29, 1.82) is 0 Å². The molecule has 28 heavy (non-hydrogen) atoms. The number of piperidine rings is 1. The summed E-state index contributed by atoms with van der Waals surface area (Å²) in [5.41, 5.74) is 0. The summed E-state index contributed by atoms with van der Waals surface area (Å²) in [6, 6.07) is 2.08. The molecule has 0 radical (unpaired) electrons. The van der Waals surface area contributed by atoms with E-state index in [2.05, 4.69) is 4.90 Å². The van der Waals surface area contributed by atoms with Crippen molar-refractivity contribution in [2.24, 2.45) is 5.92 Å². The molecule has 1 aromatic carbocycles. The van der Waals surface area contributed by atoms with Gasteiger partial charge in [-0.25, -0.2) is 8.78 Å². The number of carbonyl (C=O) groups is 1. The van der Waals surface area contributed by atoms with Gasteiger partial charge < -0.3 is 19.1 Å². The SMILES string of the molecule is O=C1COCCN1CCC1CCN(C[C@H]2COc3cc(F)c(F)cc3O2)CC1. The summed E-state index contributed by atoms with van der Waals surface area (Å²) >= 11 is 0. The Balaban J connectivity index is 1.20. The molecule has 0 bridgehead atoms. The van der Waals surface area contributed by atoms with Crippen LogP contribution in [-0.2, 0) is 9.53 Å². The summed E-state index contributed by atoms with van der Waals surface area (Å²) in [5, 5.41) is 0. The summed E-state index contributed by atoms with van der Waals surface area (Å²) in [5.74, 6) is -0.626. The van der Waals surface area contributed by atoms with Crippen molar-refractivity contribution >= 4 is 5.91 Å². The molecular weight excluding hydrogens is 370 g/mol. The maximum absolute atomic E-state index is 13.4. The van der Waals surface area contributed by atoms with E-state index in [1.54, 1.807) is 0 Å². The number of ether oxygens (including phenoxy) is 3. The first-order valence-corrected chi connectivity index (χ1v) is 9.95. The first-order chi connectivity index (χ1) is 13.6. The molecule has 3 heterocycles. The summed E-state index contributed by atoms with van der Waals surface area (Å²) < 4.78 is 43.2. The lowest BCUT2D eigenvalue weighted by atomic mass is 9.93. The molecule has 6 nitrogen and oxygen atoms in total. The number of benzene rings is 1. The van der Waals surface area contributed by atoms with Crippen LogP contribution in [0.4, 0.5) is 8.78 Å². The molecule has 0 unspecified atom stereocenters. The third kappa shape index (κ3) is 4.55. The molecule has 4 rings (SSSR count). The van der Waals surface area contributed by atoms with Gasteiger partial charge >= 0.3 is 0 Å². The van der Waals surface area contributed by atoms with Gasteiger partial charge in [0.15, 0.2) is 23.1 Å². The molecule has 3 aliphatic heterocycles. The fourth-order valence-corrected chi connectivity index (χ4v) is 4.07. The van der Waals surface area contributed by atoms with E-state index >= 15 is 0 Å². The van der Waals surface area contributed by atoms with Crippen LogP contribution in [0.2, 0.25) is 0 Å². The van der Waals surface area contributed by atoms with Crippen molar-refractivity contribution < 1.29 is 27.8 Å². The summed E-state index contributed by atoms with van der Waals surface area (Å²) in [4.78, 5) is 16.0. The van der Waals surface area contributed by atoms with Crippen molar-refractivity contribution in [2.45, 2.75) is 25.4 Å². The van der Waals surface area contributed by atoms with Gasteiger partial charge in [0.25, 0.3) is 0 Å². The zero-order valence-electron chi connectivity index (χ0n) is 15.9. The van der Waals surface area contributed by atoms with Crippen molar-refractivity contribution in [3.05, 3.63) is 23.8 Å². The van der Waals surface area contributed by atoms with E-state index in [1.165, 1.54) is 0 Å². The lowest BCUT2D eigenvalue weighted by Crippen LogP contribution is -2.45. The van der Waals surface area contributed by atoms with Gasteiger partial charge in [-0.2, -0.15) is 0 Å². The fraction of sp³-hybridized carbons (Fsp3) is 0.650. The fourth-order valence-electron chi connectivity index (χ4n) is 4.07. The highest BCUT2D eigenvalue weighted by molar-refractivity contribution is 5.77. The third-order valence-corrected chi connectivity index (χ3v) is 5.77. The molecule has 2 fully saturated rings. The Morgan fingerprint density at radius 2 is 1.82 bits per heavy atom. The zero-order chi connectivity index (χ0) is 19.5. The molecule has 0 N–H and O–H groups in total. The average Bonchev–Trinajstić information content (AvgIpc) is 2.70. The minimum absolute atomic E-state index is 0.0923. The lowest BCUT2D eigenvalue weighted by Gasteiger charge is -2.36. The molecule has 154 valence electrons. The Labute approximate surface area is 163 Å². The maximum atomic E-state index is 13.4. The van der Waals surface area contributed by atoms with Crippen molar-refractivity contribution in [3.63, 3.8) is 0 Å². The van der Waals surface area contributed by atoms with E-state index in [9.17, 15) is 13.6 Å². The molecule has 8 heteroatoms. The largest absolute Gasteiger partial charge is 0.486 e. The number of nitrogens with zero attached hydrogens (tertiary/aromatic N) is 2. The Kier molecular flexibility index (Phi) is 5.96. The number of hydrogen-bond acceptors (Lipinski definition) is 5. The van der Waals surface area contributed by atoms with Crippen LogP contribution in [0.5, 0.6) is 11.5 Å². The Morgan fingerprint density at radius 1 is 1.07 bits per heavy atom. The second kappa shape index (κ2) is 8.61. The normalized spacial score (nSPS) is 23.9. The van der Waals surface area contributed by atoms with Crippen LogP contribution in [0.1, 0.15) is 19.3 Å². The number of amides is 1. The Bertz CT molecular complexity index is 710. The number of hydrogen-bond donors (Lipinski definition) is 0. The molecule has 0 spiro atoms. The van der Waals surface area contributed by atoms with Crippen LogP contribution in [0, 0.1) is 17.6 Å². The first kappa shape index (κ1) is 19.4. The molecule has 1 amide bonds. The highest BCUT2D eigenvalue weighted by Crippen LogP contribution is 2.34. The van der Waals surface area contributed by atoms with Gasteiger partial charge in [-0.1, -0.05) is 0 Å². The molecule has 2 saturated heterocycles. The smallest absolute Gasteiger partial charge is 0.248 e. The number of fused-ring (bicyclic) bond motifs is 1. The van der Waals surface area contributed by atoms with Gasteiger partial charge in [0, 0.05) is 31.8 Å².